The fourth-order valence-electron chi connectivity index (χ4n) is 2.93. The summed E-state index contributed by atoms with van der Waals surface area (Å²) in [6.45, 7) is 2.95. The zero-order valence-electron chi connectivity index (χ0n) is 11.8. The maximum atomic E-state index is 11.7. The van der Waals surface area contributed by atoms with Crippen LogP contribution in [0.2, 0.25) is 0 Å². The van der Waals surface area contributed by atoms with E-state index in [0.717, 1.165) is 30.1 Å². The minimum absolute atomic E-state index is 0.301. The van der Waals surface area contributed by atoms with E-state index < -0.39 is 9.84 Å². The first kappa shape index (κ1) is 14.5. The van der Waals surface area contributed by atoms with E-state index in [1.165, 1.54) is 12.8 Å². The van der Waals surface area contributed by atoms with Gasteiger partial charge in [-0.15, -0.1) is 11.3 Å². The largest absolute Gasteiger partial charge is 0.314 e. The molecule has 1 aliphatic carbocycles. The van der Waals surface area contributed by atoms with E-state index in [0.29, 0.717) is 29.4 Å². The van der Waals surface area contributed by atoms with Gasteiger partial charge >= 0.3 is 0 Å². The predicted molar refractivity (Wildman–Crippen MR) is 81.8 cm³/mol. The molecular weight excluding hydrogens is 292 g/mol. The van der Waals surface area contributed by atoms with Gasteiger partial charge in [-0.1, -0.05) is 0 Å². The van der Waals surface area contributed by atoms with Crippen LogP contribution in [-0.4, -0.2) is 37.5 Å². The molecule has 4 nitrogen and oxygen atoms in total. The number of thiazole rings is 1. The molecule has 2 atom stereocenters. The van der Waals surface area contributed by atoms with Crippen molar-refractivity contribution in [2.45, 2.75) is 38.6 Å². The molecule has 2 aliphatic rings. The summed E-state index contributed by atoms with van der Waals surface area (Å²) < 4.78 is 23.4. The lowest BCUT2D eigenvalue weighted by molar-refractivity contribution is 0.342. The van der Waals surface area contributed by atoms with Crippen LogP contribution in [0.15, 0.2) is 5.38 Å². The highest BCUT2D eigenvalue weighted by Gasteiger charge is 2.34. The number of hydrogen-bond acceptors (Lipinski definition) is 5. The van der Waals surface area contributed by atoms with Crippen molar-refractivity contribution in [3.8, 4) is 0 Å². The molecule has 1 aromatic rings. The first-order chi connectivity index (χ1) is 9.52. The molecule has 1 saturated heterocycles. The van der Waals surface area contributed by atoms with E-state index in [1.807, 2.05) is 6.92 Å². The van der Waals surface area contributed by atoms with Crippen LogP contribution in [0, 0.1) is 18.8 Å². The Kier molecular flexibility index (Phi) is 4.15. The van der Waals surface area contributed by atoms with Crippen LogP contribution in [0.25, 0.3) is 0 Å². The van der Waals surface area contributed by atoms with Gasteiger partial charge in [-0.2, -0.15) is 0 Å². The molecule has 0 amide bonds. The molecule has 6 heteroatoms. The predicted octanol–water partition coefficient (Wildman–Crippen LogP) is 1.80. The molecule has 2 fully saturated rings. The maximum absolute atomic E-state index is 11.7. The molecule has 2 unspecified atom stereocenters. The standard InChI is InChI=1S/C14H22N2O2S2/c1-10-8-19-14(16-10)6-12(7-15-13-2-3-13)11-4-5-20(17,18)9-11/h8,11-13,15H,2-7,9H2,1H3. The fourth-order valence-corrected chi connectivity index (χ4v) is 5.71. The molecule has 0 spiro atoms. The number of aryl methyl sites for hydroxylation is 1. The van der Waals surface area contributed by atoms with Gasteiger partial charge in [0.1, 0.15) is 0 Å². The van der Waals surface area contributed by atoms with Crippen molar-refractivity contribution in [2.24, 2.45) is 11.8 Å². The SMILES string of the molecule is Cc1csc(CC(CNC2CC2)C2CCS(=O)(=O)C2)n1. The van der Waals surface area contributed by atoms with Gasteiger partial charge in [0.2, 0.25) is 0 Å². The lowest BCUT2D eigenvalue weighted by atomic mass is 9.89. The second-order valence-corrected chi connectivity index (χ2v) is 9.36. The van der Waals surface area contributed by atoms with Gasteiger partial charge in [0.25, 0.3) is 0 Å². The summed E-state index contributed by atoms with van der Waals surface area (Å²) in [6, 6.07) is 0.675. The van der Waals surface area contributed by atoms with Crippen LogP contribution in [0.4, 0.5) is 0 Å². The summed E-state index contributed by atoms with van der Waals surface area (Å²) in [4.78, 5) is 4.54. The number of sulfone groups is 1. The van der Waals surface area contributed by atoms with Crippen LogP contribution in [-0.2, 0) is 16.3 Å². The number of nitrogens with zero attached hydrogens (tertiary/aromatic N) is 1. The van der Waals surface area contributed by atoms with Crippen molar-refractivity contribution in [1.29, 1.82) is 0 Å². The minimum atomic E-state index is -2.80. The summed E-state index contributed by atoms with van der Waals surface area (Å²) >= 11 is 1.70. The number of hydrogen-bond donors (Lipinski definition) is 1. The molecule has 0 aromatic carbocycles. The van der Waals surface area contributed by atoms with Gasteiger partial charge in [-0.25, -0.2) is 13.4 Å². The Bertz CT molecular complexity index is 563. The lowest BCUT2D eigenvalue weighted by Gasteiger charge is -2.22. The van der Waals surface area contributed by atoms with Crippen molar-refractivity contribution in [3.63, 3.8) is 0 Å². The van der Waals surface area contributed by atoms with Crippen molar-refractivity contribution >= 4 is 21.2 Å². The van der Waals surface area contributed by atoms with Crippen molar-refractivity contribution in [3.05, 3.63) is 16.1 Å². The molecule has 1 aliphatic heterocycles. The van der Waals surface area contributed by atoms with Crippen LogP contribution in [0.1, 0.15) is 30.0 Å². The third-order valence-corrected chi connectivity index (χ3v) is 7.07. The van der Waals surface area contributed by atoms with Gasteiger partial charge < -0.3 is 5.32 Å². The van der Waals surface area contributed by atoms with Gasteiger partial charge in [-0.05, 0) is 44.6 Å². The monoisotopic (exact) mass is 314 g/mol. The fraction of sp³-hybridized carbons (Fsp3) is 0.786. The normalized spacial score (nSPS) is 26.8. The molecular formula is C14H22N2O2S2. The molecule has 3 rings (SSSR count). The molecule has 2 heterocycles. The Balaban J connectivity index is 1.66. The molecule has 1 N–H and O–H groups in total. The zero-order valence-corrected chi connectivity index (χ0v) is 13.5. The highest BCUT2D eigenvalue weighted by atomic mass is 32.2. The number of aromatic nitrogens is 1. The molecule has 20 heavy (non-hydrogen) atoms. The van der Waals surface area contributed by atoms with E-state index in [1.54, 1.807) is 11.3 Å². The van der Waals surface area contributed by atoms with Gasteiger partial charge in [0.05, 0.1) is 16.5 Å². The van der Waals surface area contributed by atoms with Crippen LogP contribution >= 0.6 is 11.3 Å². The molecule has 0 bridgehead atoms. The molecule has 112 valence electrons. The van der Waals surface area contributed by atoms with Crippen molar-refractivity contribution in [2.75, 3.05) is 18.1 Å². The third-order valence-electron chi connectivity index (χ3n) is 4.28. The van der Waals surface area contributed by atoms with Crippen LogP contribution in [0.5, 0.6) is 0 Å². The Labute approximate surface area is 124 Å². The smallest absolute Gasteiger partial charge is 0.150 e. The van der Waals surface area contributed by atoms with Gasteiger partial charge in [0, 0.05) is 23.5 Å². The molecule has 1 aromatic heterocycles. The lowest BCUT2D eigenvalue weighted by Crippen LogP contribution is -2.31. The summed E-state index contributed by atoms with van der Waals surface area (Å²) in [5.74, 6) is 1.44. The summed E-state index contributed by atoms with van der Waals surface area (Å²) in [7, 11) is -2.80. The quantitative estimate of drug-likeness (QED) is 0.870. The minimum Gasteiger partial charge on any atom is -0.314 e. The van der Waals surface area contributed by atoms with E-state index >= 15 is 0 Å². The van der Waals surface area contributed by atoms with E-state index in [2.05, 4.69) is 15.7 Å². The average Bonchev–Trinajstić information content (AvgIpc) is 3.02. The number of rotatable bonds is 6. The highest BCUT2D eigenvalue weighted by Crippen LogP contribution is 2.30. The topological polar surface area (TPSA) is 59.1 Å². The molecule has 1 saturated carbocycles. The van der Waals surface area contributed by atoms with Crippen LogP contribution in [0.3, 0.4) is 0 Å². The van der Waals surface area contributed by atoms with Crippen LogP contribution < -0.4 is 5.32 Å². The second kappa shape index (κ2) is 5.73. The third kappa shape index (κ3) is 3.80. The Morgan fingerprint density at radius 3 is 2.80 bits per heavy atom. The summed E-state index contributed by atoms with van der Waals surface area (Å²) in [5.41, 5.74) is 1.07. The second-order valence-electron chi connectivity index (χ2n) is 6.19. The number of nitrogens with one attached hydrogen (secondary N) is 1. The highest BCUT2D eigenvalue weighted by molar-refractivity contribution is 7.91. The van der Waals surface area contributed by atoms with E-state index in [4.69, 9.17) is 0 Å². The van der Waals surface area contributed by atoms with Crippen molar-refractivity contribution in [1.82, 2.24) is 10.3 Å². The van der Waals surface area contributed by atoms with Gasteiger partial charge in [0.15, 0.2) is 9.84 Å². The van der Waals surface area contributed by atoms with Gasteiger partial charge in [-0.3, -0.25) is 0 Å². The van der Waals surface area contributed by atoms with Crippen molar-refractivity contribution < 1.29 is 8.42 Å². The van der Waals surface area contributed by atoms with E-state index in [-0.39, 0.29) is 0 Å². The first-order valence-corrected chi connectivity index (χ1v) is 10.1. The van der Waals surface area contributed by atoms with E-state index in [9.17, 15) is 8.42 Å². The first-order valence-electron chi connectivity index (χ1n) is 7.37. The Morgan fingerprint density at radius 2 is 2.25 bits per heavy atom. The maximum Gasteiger partial charge on any atom is 0.150 e. The average molecular weight is 314 g/mol. The Morgan fingerprint density at radius 1 is 1.45 bits per heavy atom. The summed E-state index contributed by atoms with van der Waals surface area (Å²) in [5, 5.41) is 6.79. The molecule has 0 radical (unpaired) electrons. The zero-order chi connectivity index (χ0) is 14.2. The summed E-state index contributed by atoms with van der Waals surface area (Å²) in [6.07, 6.45) is 4.28. The Hall–Kier alpha value is -0.460.